The van der Waals surface area contributed by atoms with Gasteiger partial charge in [0.05, 0.1) is 18.1 Å². The summed E-state index contributed by atoms with van der Waals surface area (Å²) < 4.78 is 51.8. The van der Waals surface area contributed by atoms with Crippen molar-refractivity contribution in [2.75, 3.05) is 18.8 Å². The van der Waals surface area contributed by atoms with Gasteiger partial charge in [0.1, 0.15) is 12.2 Å². The number of thioether (sulfide) groups is 1. The van der Waals surface area contributed by atoms with Crippen LogP contribution < -0.4 is 26.8 Å². The quantitative estimate of drug-likeness (QED) is 0.262. The molecule has 160 valence electrons. The van der Waals surface area contributed by atoms with Gasteiger partial charge in [-0.05, 0) is 25.7 Å². The Morgan fingerprint density at radius 3 is 2.54 bits per heavy atom. The summed E-state index contributed by atoms with van der Waals surface area (Å²) in [5, 5.41) is 8.91. The summed E-state index contributed by atoms with van der Waals surface area (Å²) in [6.45, 7) is 1.25. The van der Waals surface area contributed by atoms with Gasteiger partial charge in [-0.1, -0.05) is 0 Å². The van der Waals surface area contributed by atoms with Gasteiger partial charge < -0.3 is 10.6 Å². The van der Waals surface area contributed by atoms with Crippen LogP contribution in [0, 0.1) is 5.92 Å². The monoisotopic (exact) mass is 426 g/mol. The number of amides is 1. The average Bonchev–Trinajstić information content (AvgIpc) is 3.31. The maximum absolute atomic E-state index is 13.3. The Bertz CT molecular complexity index is 564. The predicted molar refractivity (Wildman–Crippen MR) is 99.2 cm³/mol. The van der Waals surface area contributed by atoms with E-state index in [-0.39, 0.29) is 29.6 Å². The predicted octanol–water partition coefficient (Wildman–Crippen LogP) is 0.994. The van der Waals surface area contributed by atoms with E-state index in [0.717, 1.165) is 12.3 Å². The molecule has 0 radical (unpaired) electrons. The van der Waals surface area contributed by atoms with Crippen LogP contribution in [0.1, 0.15) is 32.1 Å². The van der Waals surface area contributed by atoms with Gasteiger partial charge in [-0.3, -0.25) is 15.1 Å². The van der Waals surface area contributed by atoms with E-state index in [2.05, 4.69) is 31.8 Å². The number of rotatable bonds is 4. The molecule has 0 aromatic rings. The highest BCUT2D eigenvalue weighted by Gasteiger charge is 2.44. The molecule has 1 saturated carbocycles. The number of guanidine groups is 1. The van der Waals surface area contributed by atoms with Crippen LogP contribution in [0.15, 0.2) is 4.99 Å². The van der Waals surface area contributed by atoms with Crippen molar-refractivity contribution in [2.24, 2.45) is 10.9 Å². The molecular formula is C16H26F4N6OS. The van der Waals surface area contributed by atoms with Crippen LogP contribution in [0.4, 0.5) is 17.6 Å². The maximum atomic E-state index is 13.3. The first-order valence-corrected chi connectivity index (χ1v) is 10.5. The zero-order valence-electron chi connectivity index (χ0n) is 15.3. The second-order valence-corrected chi connectivity index (χ2v) is 8.57. The minimum atomic E-state index is -4.36. The Morgan fingerprint density at radius 2 is 1.93 bits per heavy atom. The van der Waals surface area contributed by atoms with Gasteiger partial charge in [-0.25, -0.2) is 15.2 Å². The molecule has 3 aliphatic rings. The molecule has 3 rings (SSSR count). The van der Waals surface area contributed by atoms with E-state index >= 15 is 0 Å². The Kier molecular flexibility index (Phi) is 7.40. The van der Waals surface area contributed by atoms with Gasteiger partial charge in [-0.2, -0.15) is 13.2 Å². The molecule has 2 heterocycles. The summed E-state index contributed by atoms with van der Waals surface area (Å²) in [6, 6.07) is -1.67. The molecule has 0 bridgehead atoms. The summed E-state index contributed by atoms with van der Waals surface area (Å²) in [6.07, 6.45) is -4.57. The Morgan fingerprint density at radius 1 is 1.18 bits per heavy atom. The number of hydrogen-bond donors (Lipinski definition) is 5. The first kappa shape index (κ1) is 21.6. The summed E-state index contributed by atoms with van der Waals surface area (Å²) >= 11 is 1.70. The van der Waals surface area contributed by atoms with Crippen LogP contribution in [0.2, 0.25) is 0 Å². The van der Waals surface area contributed by atoms with Crippen molar-refractivity contribution in [2.45, 2.75) is 62.0 Å². The van der Waals surface area contributed by atoms with Crippen LogP contribution in [-0.4, -0.2) is 60.6 Å². The summed E-state index contributed by atoms with van der Waals surface area (Å²) in [7, 11) is 0. The molecule has 2 aliphatic heterocycles. The van der Waals surface area contributed by atoms with Crippen molar-refractivity contribution in [3.8, 4) is 0 Å². The number of nitrogens with one attached hydrogen (secondary N) is 5. The van der Waals surface area contributed by atoms with E-state index in [1.807, 2.05) is 0 Å². The number of halogens is 4. The molecular weight excluding hydrogens is 400 g/mol. The molecule has 2 saturated heterocycles. The molecule has 1 amide bonds. The van der Waals surface area contributed by atoms with Gasteiger partial charge in [0.25, 0.3) is 0 Å². The third-order valence-corrected chi connectivity index (χ3v) is 6.24. The molecule has 0 spiro atoms. The van der Waals surface area contributed by atoms with Crippen LogP contribution in [0.5, 0.6) is 0 Å². The lowest BCUT2D eigenvalue weighted by atomic mass is 9.87. The van der Waals surface area contributed by atoms with Crippen molar-refractivity contribution in [3.63, 3.8) is 0 Å². The van der Waals surface area contributed by atoms with Gasteiger partial charge in [0.15, 0.2) is 5.96 Å². The molecule has 5 N–H and O–H groups in total. The van der Waals surface area contributed by atoms with Crippen molar-refractivity contribution < 1.29 is 22.4 Å². The van der Waals surface area contributed by atoms with E-state index in [1.54, 1.807) is 11.8 Å². The smallest absolute Gasteiger partial charge is 0.339 e. The van der Waals surface area contributed by atoms with Crippen LogP contribution in [-0.2, 0) is 4.79 Å². The first-order chi connectivity index (χ1) is 13.3. The van der Waals surface area contributed by atoms with E-state index in [4.69, 9.17) is 0 Å². The molecule has 12 heteroatoms. The summed E-state index contributed by atoms with van der Waals surface area (Å²) in [4.78, 5) is 16.9. The highest BCUT2D eigenvalue weighted by molar-refractivity contribution is 8.00. The molecule has 7 nitrogen and oxygen atoms in total. The molecule has 0 aromatic heterocycles. The van der Waals surface area contributed by atoms with Crippen LogP contribution >= 0.6 is 11.8 Å². The van der Waals surface area contributed by atoms with Crippen molar-refractivity contribution in [1.82, 2.24) is 26.8 Å². The highest BCUT2D eigenvalue weighted by atomic mass is 32.2. The largest absolute Gasteiger partial charge is 0.405 e. The second kappa shape index (κ2) is 9.59. The fraction of sp³-hybridized carbons (Fsp3) is 0.875. The first-order valence-electron chi connectivity index (χ1n) is 9.50. The third-order valence-electron chi connectivity index (χ3n) is 5.09. The zero-order chi connectivity index (χ0) is 20.1. The number of carbonyl (C=O) groups excluding carboxylic acids is 1. The van der Waals surface area contributed by atoms with Gasteiger partial charge in [-0.15, -0.1) is 11.8 Å². The lowest BCUT2D eigenvalue weighted by molar-refractivity contribution is -0.153. The lowest BCUT2D eigenvalue weighted by Crippen LogP contribution is -2.52. The van der Waals surface area contributed by atoms with E-state index in [0.29, 0.717) is 32.2 Å². The normalized spacial score (nSPS) is 34.4. The molecule has 28 heavy (non-hydrogen) atoms. The minimum absolute atomic E-state index is 0.105. The topological polar surface area (TPSA) is 89.6 Å². The fourth-order valence-corrected chi connectivity index (χ4v) is 4.39. The number of carbonyl (C=O) groups is 1. The second-order valence-electron chi connectivity index (χ2n) is 7.26. The molecule has 3 unspecified atom stereocenters. The summed E-state index contributed by atoms with van der Waals surface area (Å²) in [5.41, 5.74) is 4.75. The van der Waals surface area contributed by atoms with Crippen molar-refractivity contribution in [1.29, 1.82) is 0 Å². The lowest BCUT2D eigenvalue weighted by Gasteiger charge is -2.24. The number of aliphatic imine (C=N–C) groups is 1. The van der Waals surface area contributed by atoms with Gasteiger partial charge >= 0.3 is 6.18 Å². The van der Waals surface area contributed by atoms with E-state index < -0.39 is 24.6 Å². The van der Waals surface area contributed by atoms with E-state index in [1.165, 1.54) is 0 Å². The van der Waals surface area contributed by atoms with E-state index in [9.17, 15) is 22.4 Å². The fourth-order valence-electron chi connectivity index (χ4n) is 3.46. The Hall–Kier alpha value is -1.11. The SMILES string of the molecule is O=C(NC(=NCC1NCCS1)NC1CC(C(F)(F)F)NN1)C1CCC(F)CC1. The molecule has 3 atom stereocenters. The van der Waals surface area contributed by atoms with Crippen molar-refractivity contribution >= 4 is 23.6 Å². The number of alkyl halides is 4. The molecule has 0 aromatic carbocycles. The van der Waals surface area contributed by atoms with Gasteiger partial charge in [0.2, 0.25) is 5.91 Å². The van der Waals surface area contributed by atoms with Crippen LogP contribution in [0.25, 0.3) is 0 Å². The third kappa shape index (κ3) is 6.19. The Labute approximate surface area is 165 Å². The number of hydrogen-bond acceptors (Lipinski definition) is 6. The Balaban J connectivity index is 1.58. The molecule has 3 fully saturated rings. The highest BCUT2D eigenvalue weighted by Crippen LogP contribution is 2.27. The minimum Gasteiger partial charge on any atom is -0.339 e. The van der Waals surface area contributed by atoms with Crippen LogP contribution in [0.3, 0.4) is 0 Å². The average molecular weight is 426 g/mol. The van der Waals surface area contributed by atoms with Crippen molar-refractivity contribution in [3.05, 3.63) is 0 Å². The van der Waals surface area contributed by atoms with Gasteiger partial charge in [0, 0.05) is 24.6 Å². The molecule has 1 aliphatic carbocycles. The maximum Gasteiger partial charge on any atom is 0.405 e. The standard InChI is InChI=1S/C16H26F4N6OS/c17-10-3-1-9(2-4-10)14(27)24-15(22-8-13-21-5-6-28-13)23-12-7-11(25-26-12)16(18,19)20/h9-13,21,25-26H,1-8H2,(H2,22,23,24,27). The number of hydrazine groups is 1. The number of nitrogens with zero attached hydrogens (tertiary/aromatic N) is 1. The zero-order valence-corrected chi connectivity index (χ0v) is 16.1. The summed E-state index contributed by atoms with van der Waals surface area (Å²) in [5.74, 6) is 0.520.